The molecule has 0 spiro atoms. The maximum Gasteiger partial charge on any atom is 0.168 e. The minimum Gasteiger partial charge on any atom is -0.363 e. The van der Waals surface area contributed by atoms with Crippen LogP contribution in [0, 0.1) is 5.92 Å². The highest BCUT2D eigenvalue weighted by molar-refractivity contribution is 7.80. The highest BCUT2D eigenvalue weighted by Gasteiger charge is 2.17. The van der Waals surface area contributed by atoms with E-state index in [0.717, 1.165) is 37.1 Å². The molecule has 0 amide bonds. The van der Waals surface area contributed by atoms with Crippen molar-refractivity contribution in [1.29, 1.82) is 0 Å². The van der Waals surface area contributed by atoms with Crippen molar-refractivity contribution < 1.29 is 0 Å². The molecule has 1 N–H and O–H groups in total. The Hall–Kier alpha value is -0.310. The molecule has 0 radical (unpaired) electrons. The van der Waals surface area contributed by atoms with Crippen LogP contribution >= 0.6 is 12.2 Å². The molecule has 16 heavy (non-hydrogen) atoms. The van der Waals surface area contributed by atoms with E-state index in [1.54, 1.807) is 0 Å². The van der Waals surface area contributed by atoms with Crippen molar-refractivity contribution in [2.24, 2.45) is 5.92 Å². The molecule has 0 aliphatic carbocycles. The van der Waals surface area contributed by atoms with Gasteiger partial charge in [0.2, 0.25) is 0 Å². The van der Waals surface area contributed by atoms with E-state index in [4.69, 9.17) is 12.2 Å². The summed E-state index contributed by atoms with van der Waals surface area (Å²) in [6.07, 6.45) is 7.87. The van der Waals surface area contributed by atoms with Crippen LogP contribution in [0.25, 0.3) is 0 Å². The number of rotatable bonds is 4. The summed E-state index contributed by atoms with van der Waals surface area (Å²) in [6, 6.07) is 0. The van der Waals surface area contributed by atoms with E-state index in [9.17, 15) is 0 Å². The predicted molar refractivity (Wildman–Crippen MR) is 74.7 cm³/mol. The van der Waals surface area contributed by atoms with Crippen molar-refractivity contribution in [3.63, 3.8) is 0 Å². The molecular formula is C13H26N2S. The summed E-state index contributed by atoms with van der Waals surface area (Å²) >= 11 is 5.42. The number of thiocarbonyl (C=S) groups is 1. The fourth-order valence-corrected chi connectivity index (χ4v) is 2.69. The van der Waals surface area contributed by atoms with Crippen molar-refractivity contribution >= 4 is 17.3 Å². The van der Waals surface area contributed by atoms with E-state index in [1.165, 1.54) is 32.1 Å². The summed E-state index contributed by atoms with van der Waals surface area (Å²) in [5.41, 5.74) is 0. The first-order chi connectivity index (χ1) is 7.77. The largest absolute Gasteiger partial charge is 0.363 e. The normalized spacial score (nSPS) is 21.6. The molecule has 1 fully saturated rings. The zero-order valence-electron chi connectivity index (χ0n) is 10.8. The maximum atomic E-state index is 5.42. The lowest BCUT2D eigenvalue weighted by molar-refractivity contribution is 0.398. The van der Waals surface area contributed by atoms with Gasteiger partial charge in [0, 0.05) is 19.6 Å². The molecule has 1 saturated heterocycles. The molecule has 1 aliphatic rings. The number of hydrogen-bond acceptors (Lipinski definition) is 1. The van der Waals surface area contributed by atoms with E-state index in [1.807, 2.05) is 0 Å². The fourth-order valence-electron chi connectivity index (χ4n) is 2.41. The second-order valence-corrected chi connectivity index (χ2v) is 5.19. The number of hydrogen-bond donors (Lipinski definition) is 1. The topological polar surface area (TPSA) is 15.3 Å². The van der Waals surface area contributed by atoms with Crippen LogP contribution < -0.4 is 5.32 Å². The van der Waals surface area contributed by atoms with Gasteiger partial charge in [0.05, 0.1) is 0 Å². The zero-order valence-corrected chi connectivity index (χ0v) is 11.6. The molecule has 94 valence electrons. The van der Waals surface area contributed by atoms with Crippen LogP contribution in [0.1, 0.15) is 52.4 Å². The second-order valence-electron chi connectivity index (χ2n) is 4.80. The van der Waals surface area contributed by atoms with Crippen molar-refractivity contribution in [1.82, 2.24) is 10.2 Å². The lowest BCUT2D eigenvalue weighted by Gasteiger charge is -2.24. The quantitative estimate of drug-likeness (QED) is 0.762. The molecule has 0 bridgehead atoms. The van der Waals surface area contributed by atoms with Crippen LogP contribution in [0.5, 0.6) is 0 Å². The molecule has 1 atom stereocenters. The van der Waals surface area contributed by atoms with E-state index in [2.05, 4.69) is 24.1 Å². The third-order valence-electron chi connectivity index (χ3n) is 3.36. The minimum absolute atomic E-state index is 0.934. The Kier molecular flexibility index (Phi) is 6.78. The lowest BCUT2D eigenvalue weighted by atomic mass is 9.96. The SMILES string of the molecule is CCCNC(=S)N1CCCC(CCC)CC1. The fraction of sp³-hybridized carbons (Fsp3) is 0.923. The molecule has 0 aromatic heterocycles. The first kappa shape index (κ1) is 13.8. The molecular weight excluding hydrogens is 216 g/mol. The van der Waals surface area contributed by atoms with Gasteiger partial charge in [0.1, 0.15) is 0 Å². The van der Waals surface area contributed by atoms with Gasteiger partial charge in [-0.1, -0.05) is 26.7 Å². The monoisotopic (exact) mass is 242 g/mol. The molecule has 2 nitrogen and oxygen atoms in total. The Morgan fingerprint density at radius 2 is 2.06 bits per heavy atom. The summed E-state index contributed by atoms with van der Waals surface area (Å²) in [4.78, 5) is 2.36. The Morgan fingerprint density at radius 3 is 2.75 bits per heavy atom. The van der Waals surface area contributed by atoms with Gasteiger partial charge in [-0.15, -0.1) is 0 Å². The van der Waals surface area contributed by atoms with E-state index >= 15 is 0 Å². The summed E-state index contributed by atoms with van der Waals surface area (Å²) in [6.45, 7) is 7.77. The molecule has 1 unspecified atom stereocenters. The summed E-state index contributed by atoms with van der Waals surface area (Å²) < 4.78 is 0. The average molecular weight is 242 g/mol. The molecule has 1 heterocycles. The second kappa shape index (κ2) is 7.88. The molecule has 1 aliphatic heterocycles. The predicted octanol–water partition coefficient (Wildman–Crippen LogP) is 3.17. The van der Waals surface area contributed by atoms with Gasteiger partial charge in [0.25, 0.3) is 0 Å². The minimum atomic E-state index is 0.934. The standard InChI is InChI=1S/C13H26N2S/c1-3-6-12-7-5-10-15(11-8-12)13(16)14-9-4-2/h12H,3-11H2,1-2H3,(H,14,16). The molecule has 0 aromatic rings. The van der Waals surface area contributed by atoms with E-state index in [-0.39, 0.29) is 0 Å². The third-order valence-corrected chi connectivity index (χ3v) is 3.76. The van der Waals surface area contributed by atoms with Crippen LogP contribution in [0.15, 0.2) is 0 Å². The summed E-state index contributed by atoms with van der Waals surface area (Å²) in [7, 11) is 0. The van der Waals surface area contributed by atoms with Gasteiger partial charge in [-0.05, 0) is 43.8 Å². The van der Waals surface area contributed by atoms with Gasteiger partial charge in [-0.3, -0.25) is 0 Å². The Labute approximate surface area is 106 Å². The van der Waals surface area contributed by atoms with Crippen molar-refractivity contribution in [2.75, 3.05) is 19.6 Å². The lowest BCUT2D eigenvalue weighted by Crippen LogP contribution is -2.40. The molecule has 3 heteroatoms. The molecule has 0 aromatic carbocycles. The third kappa shape index (κ3) is 4.69. The maximum absolute atomic E-state index is 5.42. The van der Waals surface area contributed by atoms with Crippen LogP contribution in [0.3, 0.4) is 0 Å². The first-order valence-corrected chi connectivity index (χ1v) is 7.21. The van der Waals surface area contributed by atoms with Gasteiger partial charge in [-0.2, -0.15) is 0 Å². The van der Waals surface area contributed by atoms with Crippen molar-refractivity contribution in [3.8, 4) is 0 Å². The highest BCUT2D eigenvalue weighted by atomic mass is 32.1. The summed E-state index contributed by atoms with van der Waals surface area (Å²) in [5, 5.41) is 4.31. The number of nitrogens with one attached hydrogen (secondary N) is 1. The van der Waals surface area contributed by atoms with E-state index < -0.39 is 0 Å². The van der Waals surface area contributed by atoms with Gasteiger partial charge >= 0.3 is 0 Å². The van der Waals surface area contributed by atoms with Crippen LogP contribution in [0.2, 0.25) is 0 Å². The highest BCUT2D eigenvalue weighted by Crippen LogP contribution is 2.21. The van der Waals surface area contributed by atoms with Crippen LogP contribution in [0.4, 0.5) is 0 Å². The van der Waals surface area contributed by atoms with Crippen molar-refractivity contribution in [2.45, 2.75) is 52.4 Å². The van der Waals surface area contributed by atoms with E-state index in [0.29, 0.717) is 0 Å². The summed E-state index contributed by atoms with van der Waals surface area (Å²) in [5.74, 6) is 0.934. The van der Waals surface area contributed by atoms with Crippen LogP contribution in [-0.2, 0) is 0 Å². The Bertz CT molecular complexity index is 206. The molecule has 0 saturated carbocycles. The Morgan fingerprint density at radius 1 is 1.25 bits per heavy atom. The Balaban J connectivity index is 2.31. The smallest absolute Gasteiger partial charge is 0.168 e. The van der Waals surface area contributed by atoms with Crippen LogP contribution in [-0.4, -0.2) is 29.6 Å². The number of nitrogens with zero attached hydrogens (tertiary/aromatic N) is 1. The average Bonchev–Trinajstić information content (AvgIpc) is 2.52. The van der Waals surface area contributed by atoms with Gasteiger partial charge in [0.15, 0.2) is 5.11 Å². The zero-order chi connectivity index (χ0) is 11.8. The first-order valence-electron chi connectivity index (χ1n) is 6.80. The van der Waals surface area contributed by atoms with Crippen molar-refractivity contribution in [3.05, 3.63) is 0 Å². The number of likely N-dealkylation sites (tertiary alicyclic amines) is 1. The molecule has 1 rings (SSSR count). The van der Waals surface area contributed by atoms with Gasteiger partial charge < -0.3 is 10.2 Å². The van der Waals surface area contributed by atoms with Gasteiger partial charge in [-0.25, -0.2) is 0 Å².